The molecule has 4 heteroatoms. The number of rotatable bonds is 10. The summed E-state index contributed by atoms with van der Waals surface area (Å²) in [6.07, 6.45) is 7.35. The van der Waals surface area contributed by atoms with Gasteiger partial charge in [-0.05, 0) is 31.1 Å². The molecule has 1 heterocycles. The minimum Gasteiger partial charge on any atom is -0.338 e. The molecule has 0 bridgehead atoms. The van der Waals surface area contributed by atoms with Crippen LogP contribution in [0.25, 0.3) is 0 Å². The molecule has 0 radical (unpaired) electrons. The average molecular weight is 283 g/mol. The molecular weight excluding hydrogens is 254 g/mol. The van der Waals surface area contributed by atoms with Gasteiger partial charge >= 0.3 is 0 Å². The number of aryl methyl sites for hydroxylation is 2. The van der Waals surface area contributed by atoms with Crippen molar-refractivity contribution in [2.75, 3.05) is 18.1 Å². The van der Waals surface area contributed by atoms with E-state index >= 15 is 0 Å². The summed E-state index contributed by atoms with van der Waals surface area (Å²) < 4.78 is 2.12. The largest absolute Gasteiger partial charge is 0.338 e. The maximum Gasteiger partial charge on any atom is 0.108 e. The number of nitrogens with one attached hydrogen (secondary N) is 1. The van der Waals surface area contributed by atoms with E-state index in [2.05, 4.69) is 54.4 Å². The van der Waals surface area contributed by atoms with Crippen LogP contribution >= 0.6 is 11.8 Å². The molecule has 0 aliphatic carbocycles. The second-order valence-electron chi connectivity index (χ2n) is 5.58. The Morgan fingerprint density at radius 2 is 2.16 bits per heavy atom. The molecule has 3 nitrogen and oxygen atoms in total. The Labute approximate surface area is 122 Å². The first-order valence-corrected chi connectivity index (χ1v) is 8.56. The van der Waals surface area contributed by atoms with Gasteiger partial charge in [-0.25, -0.2) is 4.98 Å². The highest BCUT2D eigenvalue weighted by molar-refractivity contribution is 7.99. The molecule has 1 rings (SSSR count). The van der Waals surface area contributed by atoms with Gasteiger partial charge < -0.3 is 9.88 Å². The molecule has 1 atom stereocenters. The third-order valence-corrected chi connectivity index (χ3v) is 4.63. The summed E-state index contributed by atoms with van der Waals surface area (Å²) in [6, 6.07) is 0.611. The number of nitrogens with zero attached hydrogens (tertiary/aromatic N) is 2. The minimum atomic E-state index is 0.611. The van der Waals surface area contributed by atoms with Crippen molar-refractivity contribution in [3.8, 4) is 0 Å². The minimum absolute atomic E-state index is 0.611. The Balaban J connectivity index is 2.33. The summed E-state index contributed by atoms with van der Waals surface area (Å²) in [5.41, 5.74) is 0. The van der Waals surface area contributed by atoms with Gasteiger partial charge in [-0.2, -0.15) is 11.8 Å². The zero-order valence-electron chi connectivity index (χ0n) is 12.9. The van der Waals surface area contributed by atoms with E-state index in [4.69, 9.17) is 0 Å². The van der Waals surface area contributed by atoms with E-state index in [1.165, 1.54) is 30.2 Å². The summed E-state index contributed by atoms with van der Waals surface area (Å²) in [5, 5.41) is 3.67. The fraction of sp³-hybridized carbons (Fsp3) is 0.800. The number of imidazole rings is 1. The Bertz CT molecular complexity index is 336. The van der Waals surface area contributed by atoms with Crippen LogP contribution < -0.4 is 5.32 Å². The quantitative estimate of drug-likeness (QED) is 0.715. The molecule has 0 aromatic carbocycles. The first kappa shape index (κ1) is 16.6. The normalized spacial score (nSPS) is 13.1. The second-order valence-corrected chi connectivity index (χ2v) is 6.65. The molecule has 1 unspecified atom stereocenters. The first-order valence-electron chi connectivity index (χ1n) is 7.40. The summed E-state index contributed by atoms with van der Waals surface area (Å²) in [5.74, 6) is 4.44. The Kier molecular flexibility index (Phi) is 8.22. The van der Waals surface area contributed by atoms with Crippen LogP contribution in [0.15, 0.2) is 12.4 Å². The van der Waals surface area contributed by atoms with Crippen molar-refractivity contribution in [1.82, 2.24) is 14.9 Å². The topological polar surface area (TPSA) is 29.9 Å². The van der Waals surface area contributed by atoms with Gasteiger partial charge in [0.2, 0.25) is 0 Å². The van der Waals surface area contributed by atoms with Crippen molar-refractivity contribution in [2.45, 2.75) is 46.1 Å². The van der Waals surface area contributed by atoms with Gasteiger partial charge in [0.05, 0.1) is 0 Å². The fourth-order valence-electron chi connectivity index (χ4n) is 1.98. The van der Waals surface area contributed by atoms with Crippen LogP contribution in [-0.4, -0.2) is 33.6 Å². The van der Waals surface area contributed by atoms with E-state index in [0.29, 0.717) is 6.04 Å². The van der Waals surface area contributed by atoms with Crippen LogP contribution in [0.5, 0.6) is 0 Å². The zero-order valence-corrected chi connectivity index (χ0v) is 13.7. The molecule has 1 aromatic rings. The molecule has 0 saturated heterocycles. The molecule has 1 N–H and O–H groups in total. The second kappa shape index (κ2) is 9.43. The summed E-state index contributed by atoms with van der Waals surface area (Å²) >= 11 is 2.07. The predicted molar refractivity (Wildman–Crippen MR) is 85.8 cm³/mol. The summed E-state index contributed by atoms with van der Waals surface area (Å²) in [7, 11) is 2.07. The van der Waals surface area contributed by atoms with Crippen LogP contribution in [0.1, 0.15) is 39.4 Å². The van der Waals surface area contributed by atoms with Gasteiger partial charge in [-0.1, -0.05) is 20.8 Å². The van der Waals surface area contributed by atoms with Gasteiger partial charge in [-0.3, -0.25) is 0 Å². The Morgan fingerprint density at radius 3 is 2.74 bits per heavy atom. The van der Waals surface area contributed by atoms with Gasteiger partial charge in [-0.15, -0.1) is 0 Å². The molecule has 0 amide bonds. The lowest BCUT2D eigenvalue weighted by Crippen LogP contribution is -2.33. The molecule has 19 heavy (non-hydrogen) atoms. The SMILES string of the molecule is CCCNC(CCc1nccn1C)CSCC(C)C. The van der Waals surface area contributed by atoms with E-state index in [9.17, 15) is 0 Å². The monoisotopic (exact) mass is 283 g/mol. The summed E-state index contributed by atoms with van der Waals surface area (Å²) in [4.78, 5) is 4.40. The van der Waals surface area contributed by atoms with Crippen molar-refractivity contribution < 1.29 is 0 Å². The molecular formula is C15H29N3S. The lowest BCUT2D eigenvalue weighted by Gasteiger charge is -2.18. The third kappa shape index (κ3) is 7.02. The fourth-order valence-corrected chi connectivity index (χ4v) is 3.16. The number of thioether (sulfide) groups is 1. The third-order valence-electron chi connectivity index (χ3n) is 3.09. The number of hydrogen-bond acceptors (Lipinski definition) is 3. The molecule has 0 aliphatic heterocycles. The zero-order chi connectivity index (χ0) is 14.1. The number of aromatic nitrogens is 2. The smallest absolute Gasteiger partial charge is 0.108 e. The highest BCUT2D eigenvalue weighted by atomic mass is 32.2. The Morgan fingerprint density at radius 1 is 1.37 bits per heavy atom. The van der Waals surface area contributed by atoms with Gasteiger partial charge in [0.15, 0.2) is 0 Å². The lowest BCUT2D eigenvalue weighted by molar-refractivity contribution is 0.511. The highest BCUT2D eigenvalue weighted by Crippen LogP contribution is 2.12. The predicted octanol–water partition coefficient (Wildman–Crippen LogP) is 3.11. The number of hydrogen-bond donors (Lipinski definition) is 1. The molecule has 1 aromatic heterocycles. The highest BCUT2D eigenvalue weighted by Gasteiger charge is 2.10. The van der Waals surface area contributed by atoms with Gasteiger partial charge in [0, 0.05) is 37.7 Å². The summed E-state index contributed by atoms with van der Waals surface area (Å²) in [6.45, 7) is 7.92. The average Bonchev–Trinajstić information content (AvgIpc) is 2.77. The van der Waals surface area contributed by atoms with E-state index in [-0.39, 0.29) is 0 Å². The first-order chi connectivity index (χ1) is 9.13. The van der Waals surface area contributed by atoms with Crippen LogP contribution in [0, 0.1) is 5.92 Å². The van der Waals surface area contributed by atoms with Crippen molar-refractivity contribution in [3.05, 3.63) is 18.2 Å². The standard InChI is InChI=1S/C15H29N3S/c1-5-8-16-14(12-19-11-13(2)3)6-7-15-17-9-10-18(15)4/h9-10,13-14,16H,5-8,11-12H2,1-4H3. The van der Waals surface area contributed by atoms with Crippen molar-refractivity contribution in [2.24, 2.45) is 13.0 Å². The molecule has 0 spiro atoms. The van der Waals surface area contributed by atoms with E-state index in [1.807, 2.05) is 12.4 Å². The van der Waals surface area contributed by atoms with Crippen LogP contribution in [0.4, 0.5) is 0 Å². The van der Waals surface area contributed by atoms with Crippen molar-refractivity contribution >= 4 is 11.8 Å². The van der Waals surface area contributed by atoms with E-state index in [0.717, 1.165) is 18.9 Å². The molecule has 0 fully saturated rings. The molecule has 0 aliphatic rings. The van der Waals surface area contributed by atoms with Crippen LogP contribution in [0.3, 0.4) is 0 Å². The van der Waals surface area contributed by atoms with Crippen molar-refractivity contribution in [3.63, 3.8) is 0 Å². The van der Waals surface area contributed by atoms with Crippen LogP contribution in [0.2, 0.25) is 0 Å². The molecule has 110 valence electrons. The van der Waals surface area contributed by atoms with E-state index in [1.54, 1.807) is 0 Å². The van der Waals surface area contributed by atoms with Gasteiger partial charge in [0.25, 0.3) is 0 Å². The van der Waals surface area contributed by atoms with E-state index < -0.39 is 0 Å². The lowest BCUT2D eigenvalue weighted by atomic mass is 10.1. The molecule has 0 saturated carbocycles. The maximum absolute atomic E-state index is 4.40. The van der Waals surface area contributed by atoms with Crippen LogP contribution in [-0.2, 0) is 13.5 Å². The van der Waals surface area contributed by atoms with Crippen molar-refractivity contribution in [1.29, 1.82) is 0 Å². The maximum atomic E-state index is 4.40. The van der Waals surface area contributed by atoms with Gasteiger partial charge in [0.1, 0.15) is 5.82 Å². The Hall–Kier alpha value is -0.480.